The number of alkyl halides is 3. The van der Waals surface area contributed by atoms with Gasteiger partial charge in [0.25, 0.3) is 0 Å². The normalized spacial score (nSPS) is 13.4. The minimum absolute atomic E-state index is 0.000983. The van der Waals surface area contributed by atoms with Gasteiger partial charge in [0.15, 0.2) is 0 Å². The zero-order valence-corrected chi connectivity index (χ0v) is 14.1. The summed E-state index contributed by atoms with van der Waals surface area (Å²) in [7, 11) is 0. The fourth-order valence-electron chi connectivity index (χ4n) is 1.91. The van der Waals surface area contributed by atoms with Crippen LogP contribution in [0.5, 0.6) is 0 Å². The predicted octanol–water partition coefficient (Wildman–Crippen LogP) is 4.34. The molecule has 6 nitrogen and oxygen atoms in total. The van der Waals surface area contributed by atoms with Crippen LogP contribution in [0.3, 0.4) is 0 Å². The summed E-state index contributed by atoms with van der Waals surface area (Å²) in [5.74, 6) is 0.0530. The molecule has 1 N–H and O–H groups in total. The molecule has 2 aromatic rings. The predicted molar refractivity (Wildman–Crippen MR) is 82.5 cm³/mol. The number of amides is 1. The van der Waals surface area contributed by atoms with Crippen molar-refractivity contribution in [2.75, 3.05) is 0 Å². The molecule has 0 unspecified atom stereocenters. The molecule has 0 aliphatic rings. The monoisotopic (exact) mass is 357 g/mol. The van der Waals surface area contributed by atoms with Crippen molar-refractivity contribution in [3.63, 3.8) is 0 Å². The van der Waals surface area contributed by atoms with Gasteiger partial charge in [-0.2, -0.15) is 18.2 Å². The molecule has 1 amide bonds. The van der Waals surface area contributed by atoms with Gasteiger partial charge < -0.3 is 14.6 Å². The first-order valence-electron chi connectivity index (χ1n) is 7.46. The van der Waals surface area contributed by atoms with Crippen LogP contribution in [-0.4, -0.2) is 21.8 Å². The van der Waals surface area contributed by atoms with Crippen LogP contribution in [-0.2, 0) is 10.9 Å². The highest BCUT2D eigenvalue weighted by Crippen LogP contribution is 2.31. The Hall–Kier alpha value is -2.58. The number of ether oxygens (including phenoxy) is 1. The molecule has 0 aliphatic heterocycles. The Morgan fingerprint density at radius 2 is 1.96 bits per heavy atom. The van der Waals surface area contributed by atoms with Gasteiger partial charge in [0, 0.05) is 5.56 Å². The highest BCUT2D eigenvalue weighted by atomic mass is 19.4. The molecular formula is C16H18F3N3O3. The van der Waals surface area contributed by atoms with Crippen LogP contribution in [0.15, 0.2) is 28.8 Å². The molecule has 0 saturated heterocycles. The molecule has 1 aromatic carbocycles. The standard InChI is InChI=1S/C16H18F3N3O3/c1-9(20-14(23)24-15(2,3)4)13-21-12(22-25-13)10-6-5-7-11(8-10)16(17,18)19/h5-9H,1-4H3,(H,20,23)/t9-/m0/s1. The van der Waals surface area contributed by atoms with Gasteiger partial charge in [0.2, 0.25) is 11.7 Å². The number of rotatable bonds is 3. The van der Waals surface area contributed by atoms with Gasteiger partial charge in [-0.25, -0.2) is 4.79 Å². The van der Waals surface area contributed by atoms with E-state index in [0.717, 1.165) is 12.1 Å². The SMILES string of the molecule is C[C@H](NC(=O)OC(C)(C)C)c1nc(-c2cccc(C(F)(F)F)c2)no1. The Labute approximate surface area is 142 Å². The first-order chi connectivity index (χ1) is 11.5. The van der Waals surface area contributed by atoms with E-state index in [4.69, 9.17) is 9.26 Å². The summed E-state index contributed by atoms with van der Waals surface area (Å²) >= 11 is 0. The third kappa shape index (κ3) is 5.20. The van der Waals surface area contributed by atoms with Crippen molar-refractivity contribution in [2.24, 2.45) is 0 Å². The molecule has 25 heavy (non-hydrogen) atoms. The van der Waals surface area contributed by atoms with E-state index in [9.17, 15) is 18.0 Å². The Balaban J connectivity index is 2.13. The Bertz CT molecular complexity index is 751. The summed E-state index contributed by atoms with van der Waals surface area (Å²) in [6, 6.07) is 3.92. The maximum atomic E-state index is 12.8. The number of aromatic nitrogens is 2. The first kappa shape index (κ1) is 18.8. The largest absolute Gasteiger partial charge is 0.444 e. The van der Waals surface area contributed by atoms with E-state index in [-0.39, 0.29) is 17.3 Å². The lowest BCUT2D eigenvalue weighted by Gasteiger charge is -2.20. The summed E-state index contributed by atoms with van der Waals surface area (Å²) in [6.45, 7) is 6.74. The van der Waals surface area contributed by atoms with Crippen LogP contribution < -0.4 is 5.32 Å². The van der Waals surface area contributed by atoms with Gasteiger partial charge in [-0.05, 0) is 39.8 Å². The maximum absolute atomic E-state index is 12.8. The Morgan fingerprint density at radius 3 is 2.56 bits per heavy atom. The summed E-state index contributed by atoms with van der Waals surface area (Å²) in [5, 5.41) is 6.18. The van der Waals surface area contributed by atoms with E-state index in [0.29, 0.717) is 0 Å². The number of hydrogen-bond donors (Lipinski definition) is 1. The highest BCUT2D eigenvalue weighted by Gasteiger charge is 2.31. The molecule has 0 spiro atoms. The molecule has 0 bridgehead atoms. The molecule has 2 rings (SSSR count). The quantitative estimate of drug-likeness (QED) is 0.884. The summed E-state index contributed by atoms with van der Waals surface area (Å²) < 4.78 is 48.4. The van der Waals surface area contributed by atoms with Crippen molar-refractivity contribution in [1.29, 1.82) is 0 Å². The lowest BCUT2D eigenvalue weighted by molar-refractivity contribution is -0.137. The molecule has 0 aliphatic carbocycles. The van der Waals surface area contributed by atoms with Crippen LogP contribution in [0.1, 0.15) is 45.2 Å². The zero-order valence-electron chi connectivity index (χ0n) is 14.1. The Morgan fingerprint density at radius 1 is 1.28 bits per heavy atom. The molecule has 0 saturated carbocycles. The van der Waals surface area contributed by atoms with Crippen LogP contribution >= 0.6 is 0 Å². The number of benzene rings is 1. The van der Waals surface area contributed by atoms with Gasteiger partial charge in [-0.15, -0.1) is 0 Å². The van der Waals surface area contributed by atoms with Crippen LogP contribution in [0.2, 0.25) is 0 Å². The van der Waals surface area contributed by atoms with Crippen LogP contribution in [0, 0.1) is 0 Å². The van der Waals surface area contributed by atoms with E-state index >= 15 is 0 Å². The van der Waals surface area contributed by atoms with Crippen molar-refractivity contribution < 1.29 is 27.2 Å². The first-order valence-corrected chi connectivity index (χ1v) is 7.46. The number of nitrogens with zero attached hydrogens (tertiary/aromatic N) is 2. The number of carbonyl (C=O) groups excluding carboxylic acids is 1. The second kappa shape index (κ2) is 6.73. The third-order valence-corrected chi connectivity index (χ3v) is 2.99. The minimum Gasteiger partial charge on any atom is -0.444 e. The third-order valence-electron chi connectivity index (χ3n) is 2.99. The second-order valence-corrected chi connectivity index (χ2v) is 6.40. The summed E-state index contributed by atoms with van der Waals surface area (Å²) in [4.78, 5) is 15.8. The Kier molecular flexibility index (Phi) is 5.05. The zero-order chi connectivity index (χ0) is 18.8. The molecule has 136 valence electrons. The summed E-state index contributed by atoms with van der Waals surface area (Å²) in [6.07, 6.45) is -5.13. The fraction of sp³-hybridized carbons (Fsp3) is 0.438. The smallest absolute Gasteiger partial charge is 0.416 e. The van der Waals surface area contributed by atoms with Crippen molar-refractivity contribution in [3.8, 4) is 11.4 Å². The van der Waals surface area contributed by atoms with E-state index in [1.54, 1.807) is 27.7 Å². The molecule has 0 radical (unpaired) electrons. The van der Waals surface area contributed by atoms with Gasteiger partial charge >= 0.3 is 12.3 Å². The van der Waals surface area contributed by atoms with E-state index in [2.05, 4.69) is 15.5 Å². The number of halogens is 3. The topological polar surface area (TPSA) is 77.2 Å². The van der Waals surface area contributed by atoms with Gasteiger partial charge in [0.1, 0.15) is 11.6 Å². The van der Waals surface area contributed by atoms with Crippen molar-refractivity contribution in [3.05, 3.63) is 35.7 Å². The van der Waals surface area contributed by atoms with Gasteiger partial charge in [-0.1, -0.05) is 17.3 Å². The van der Waals surface area contributed by atoms with E-state index in [1.165, 1.54) is 12.1 Å². The van der Waals surface area contributed by atoms with Crippen LogP contribution in [0.4, 0.5) is 18.0 Å². The fourth-order valence-corrected chi connectivity index (χ4v) is 1.91. The molecule has 1 aromatic heterocycles. The highest BCUT2D eigenvalue weighted by molar-refractivity contribution is 5.68. The van der Waals surface area contributed by atoms with E-state index < -0.39 is 29.5 Å². The van der Waals surface area contributed by atoms with Gasteiger partial charge in [0.05, 0.1) is 5.56 Å². The van der Waals surface area contributed by atoms with Crippen molar-refractivity contribution in [2.45, 2.75) is 45.5 Å². The number of alkyl carbamates (subject to hydrolysis) is 1. The summed E-state index contributed by atoms with van der Waals surface area (Å²) in [5.41, 5.74) is -1.31. The molecular weight excluding hydrogens is 339 g/mol. The molecule has 1 heterocycles. The lowest BCUT2D eigenvalue weighted by atomic mass is 10.1. The average molecular weight is 357 g/mol. The van der Waals surface area contributed by atoms with Crippen molar-refractivity contribution >= 4 is 6.09 Å². The van der Waals surface area contributed by atoms with Crippen LogP contribution in [0.25, 0.3) is 11.4 Å². The van der Waals surface area contributed by atoms with E-state index in [1.807, 2.05) is 0 Å². The minimum atomic E-state index is -4.46. The molecule has 9 heteroatoms. The number of carbonyl (C=O) groups is 1. The molecule has 1 atom stereocenters. The average Bonchev–Trinajstić information content (AvgIpc) is 2.94. The maximum Gasteiger partial charge on any atom is 0.416 e. The van der Waals surface area contributed by atoms with Gasteiger partial charge in [-0.3, -0.25) is 0 Å². The second-order valence-electron chi connectivity index (χ2n) is 6.40. The van der Waals surface area contributed by atoms with Crippen molar-refractivity contribution in [1.82, 2.24) is 15.5 Å². The lowest BCUT2D eigenvalue weighted by Crippen LogP contribution is -2.34. The number of nitrogens with one attached hydrogen (secondary N) is 1. The molecule has 0 fully saturated rings. The number of hydrogen-bond acceptors (Lipinski definition) is 5.